The predicted octanol–water partition coefficient (Wildman–Crippen LogP) is 1.35. The van der Waals surface area contributed by atoms with Crippen molar-refractivity contribution in [3.63, 3.8) is 0 Å². The van der Waals surface area contributed by atoms with Gasteiger partial charge in [-0.25, -0.2) is 0 Å². The molecule has 132 valence electrons. The van der Waals surface area contributed by atoms with Crippen molar-refractivity contribution in [3.05, 3.63) is 53.6 Å². The van der Waals surface area contributed by atoms with Gasteiger partial charge in [0.15, 0.2) is 0 Å². The van der Waals surface area contributed by atoms with Crippen LogP contribution in [0.4, 0.5) is 11.4 Å². The van der Waals surface area contributed by atoms with Crippen LogP contribution in [0.15, 0.2) is 42.5 Å². The molecule has 8 heteroatoms. The number of aromatic hydroxyl groups is 1. The van der Waals surface area contributed by atoms with E-state index in [0.29, 0.717) is 12.0 Å². The fourth-order valence-electron chi connectivity index (χ4n) is 2.97. The summed E-state index contributed by atoms with van der Waals surface area (Å²) in [6, 6.07) is 11.4. The van der Waals surface area contributed by atoms with Crippen molar-refractivity contribution in [2.45, 2.75) is 18.9 Å². The Kier molecular flexibility index (Phi) is 4.40. The standard InChI is InChI=1S/C17H19N3O4S/c1-11(14-4-2-3-5-15(14)18)12-6-7-16(17(22)8-12)20-9-13(10-21)19-25(20,23)24/h2-8,10-11,13,19,22H,9,18H2,1H3. The molecule has 1 fully saturated rings. The summed E-state index contributed by atoms with van der Waals surface area (Å²) >= 11 is 0. The van der Waals surface area contributed by atoms with Gasteiger partial charge in [0, 0.05) is 11.6 Å². The molecule has 0 saturated carbocycles. The quantitative estimate of drug-likeness (QED) is 0.562. The molecule has 3 rings (SSSR count). The molecule has 7 nitrogen and oxygen atoms in total. The number of nitrogens with zero attached hydrogens (tertiary/aromatic N) is 1. The van der Waals surface area contributed by atoms with Crippen molar-refractivity contribution >= 4 is 27.9 Å². The number of hydrogen-bond donors (Lipinski definition) is 3. The Balaban J connectivity index is 1.94. The third-order valence-corrected chi connectivity index (χ3v) is 5.87. The molecule has 0 radical (unpaired) electrons. The van der Waals surface area contributed by atoms with E-state index < -0.39 is 16.3 Å². The molecule has 0 bridgehead atoms. The van der Waals surface area contributed by atoms with Crippen LogP contribution in [-0.2, 0) is 15.0 Å². The van der Waals surface area contributed by atoms with Crippen LogP contribution >= 0.6 is 0 Å². The minimum absolute atomic E-state index is 0.0556. The number of rotatable bonds is 4. The van der Waals surface area contributed by atoms with Crippen LogP contribution in [0, 0.1) is 0 Å². The first-order valence-electron chi connectivity index (χ1n) is 7.76. The van der Waals surface area contributed by atoms with E-state index in [2.05, 4.69) is 4.72 Å². The van der Waals surface area contributed by atoms with Crippen molar-refractivity contribution < 1.29 is 18.3 Å². The van der Waals surface area contributed by atoms with Gasteiger partial charge in [-0.15, -0.1) is 0 Å². The maximum atomic E-state index is 12.1. The van der Waals surface area contributed by atoms with Crippen LogP contribution in [0.3, 0.4) is 0 Å². The van der Waals surface area contributed by atoms with Gasteiger partial charge in [0.2, 0.25) is 0 Å². The molecule has 0 aliphatic carbocycles. The number of aldehydes is 1. The Labute approximate surface area is 146 Å². The molecule has 1 aliphatic rings. The third-order valence-electron chi connectivity index (χ3n) is 4.35. The summed E-state index contributed by atoms with van der Waals surface area (Å²) in [7, 11) is -3.84. The van der Waals surface area contributed by atoms with Crippen LogP contribution in [0.1, 0.15) is 24.0 Å². The van der Waals surface area contributed by atoms with Gasteiger partial charge in [0.25, 0.3) is 0 Å². The smallest absolute Gasteiger partial charge is 0.302 e. The molecular weight excluding hydrogens is 342 g/mol. The van der Waals surface area contributed by atoms with Crippen LogP contribution in [0.25, 0.3) is 0 Å². The molecule has 0 spiro atoms. The molecule has 0 amide bonds. The van der Waals surface area contributed by atoms with Crippen LogP contribution in [0.5, 0.6) is 5.75 Å². The van der Waals surface area contributed by atoms with E-state index in [-0.39, 0.29) is 23.9 Å². The number of benzene rings is 2. The molecule has 0 aromatic heterocycles. The molecule has 2 aromatic rings. The van der Waals surface area contributed by atoms with Gasteiger partial charge < -0.3 is 15.6 Å². The minimum atomic E-state index is -3.84. The van der Waals surface area contributed by atoms with E-state index in [4.69, 9.17) is 5.73 Å². The van der Waals surface area contributed by atoms with Crippen molar-refractivity contribution in [1.29, 1.82) is 0 Å². The Morgan fingerprint density at radius 2 is 2.04 bits per heavy atom. The lowest BCUT2D eigenvalue weighted by molar-refractivity contribution is -0.108. The lowest BCUT2D eigenvalue weighted by atomic mass is 9.91. The highest BCUT2D eigenvalue weighted by atomic mass is 32.2. The molecule has 1 saturated heterocycles. The van der Waals surface area contributed by atoms with E-state index in [1.54, 1.807) is 6.07 Å². The molecule has 2 unspecified atom stereocenters. The highest BCUT2D eigenvalue weighted by Gasteiger charge is 2.36. The average molecular weight is 361 g/mol. The fourth-order valence-corrected chi connectivity index (χ4v) is 4.38. The molecule has 2 aromatic carbocycles. The maximum Gasteiger partial charge on any atom is 0.302 e. The van der Waals surface area contributed by atoms with E-state index in [1.807, 2.05) is 31.2 Å². The monoisotopic (exact) mass is 361 g/mol. The summed E-state index contributed by atoms with van der Waals surface area (Å²) in [6.07, 6.45) is 0.531. The highest BCUT2D eigenvalue weighted by Crippen LogP contribution is 2.36. The number of phenolic OH excluding ortho intramolecular Hbond substituents is 1. The summed E-state index contributed by atoms with van der Waals surface area (Å²) in [5.74, 6) is -0.243. The van der Waals surface area contributed by atoms with Crippen molar-refractivity contribution in [2.75, 3.05) is 16.6 Å². The van der Waals surface area contributed by atoms with Crippen molar-refractivity contribution in [2.24, 2.45) is 0 Å². The zero-order valence-electron chi connectivity index (χ0n) is 13.6. The first-order valence-corrected chi connectivity index (χ1v) is 9.20. The van der Waals surface area contributed by atoms with Crippen LogP contribution < -0.4 is 14.8 Å². The van der Waals surface area contributed by atoms with Crippen LogP contribution in [-0.4, -0.2) is 32.4 Å². The zero-order chi connectivity index (χ0) is 18.2. The Hall–Kier alpha value is -2.58. The zero-order valence-corrected chi connectivity index (χ0v) is 14.4. The molecule has 4 N–H and O–H groups in total. The highest BCUT2D eigenvalue weighted by molar-refractivity contribution is 7.91. The molecular formula is C17H19N3O4S. The Bertz CT molecular complexity index is 914. The van der Waals surface area contributed by atoms with E-state index in [1.165, 1.54) is 12.1 Å². The van der Waals surface area contributed by atoms with Gasteiger partial charge >= 0.3 is 10.2 Å². The number of phenols is 1. The summed E-state index contributed by atoms with van der Waals surface area (Å²) in [5, 5.41) is 10.4. The Morgan fingerprint density at radius 3 is 2.64 bits per heavy atom. The topological polar surface area (TPSA) is 113 Å². The maximum absolute atomic E-state index is 12.1. The lowest BCUT2D eigenvalue weighted by Crippen LogP contribution is -2.30. The largest absolute Gasteiger partial charge is 0.506 e. The average Bonchev–Trinajstić information content (AvgIpc) is 2.89. The number of anilines is 2. The van der Waals surface area contributed by atoms with Crippen LogP contribution in [0.2, 0.25) is 0 Å². The number of hydrogen-bond acceptors (Lipinski definition) is 5. The van der Waals surface area contributed by atoms with Gasteiger partial charge in [-0.3, -0.25) is 4.31 Å². The van der Waals surface area contributed by atoms with Crippen molar-refractivity contribution in [3.8, 4) is 5.75 Å². The second-order valence-electron chi connectivity index (χ2n) is 6.00. The third kappa shape index (κ3) is 3.18. The summed E-state index contributed by atoms with van der Waals surface area (Å²) < 4.78 is 27.4. The van der Waals surface area contributed by atoms with Gasteiger partial charge in [-0.05, 0) is 29.3 Å². The number of nitrogen functional groups attached to an aromatic ring is 1. The number of nitrogens with two attached hydrogens (primary N) is 1. The van der Waals surface area contributed by atoms with Gasteiger partial charge in [-0.1, -0.05) is 31.2 Å². The minimum Gasteiger partial charge on any atom is -0.506 e. The van der Waals surface area contributed by atoms with Gasteiger partial charge in [-0.2, -0.15) is 13.1 Å². The number of carbonyl (C=O) groups excluding carboxylic acids is 1. The first kappa shape index (κ1) is 17.2. The van der Waals surface area contributed by atoms with E-state index in [0.717, 1.165) is 15.4 Å². The predicted molar refractivity (Wildman–Crippen MR) is 95.7 cm³/mol. The lowest BCUT2D eigenvalue weighted by Gasteiger charge is -2.20. The molecule has 25 heavy (non-hydrogen) atoms. The molecule has 1 heterocycles. The summed E-state index contributed by atoms with van der Waals surface area (Å²) in [5.41, 5.74) is 8.51. The molecule has 2 atom stereocenters. The summed E-state index contributed by atoms with van der Waals surface area (Å²) in [6.45, 7) is 1.90. The van der Waals surface area contributed by atoms with E-state index in [9.17, 15) is 18.3 Å². The summed E-state index contributed by atoms with van der Waals surface area (Å²) in [4.78, 5) is 10.9. The van der Waals surface area contributed by atoms with Crippen molar-refractivity contribution in [1.82, 2.24) is 4.72 Å². The van der Waals surface area contributed by atoms with E-state index >= 15 is 0 Å². The number of para-hydroxylation sites is 1. The molecule has 1 aliphatic heterocycles. The normalized spacial score (nSPS) is 20.4. The second-order valence-corrected chi connectivity index (χ2v) is 7.62. The first-order chi connectivity index (χ1) is 11.8. The van der Waals surface area contributed by atoms with Gasteiger partial charge in [0.1, 0.15) is 12.0 Å². The fraction of sp³-hybridized carbons (Fsp3) is 0.235. The Morgan fingerprint density at radius 1 is 1.32 bits per heavy atom. The SMILES string of the molecule is CC(c1ccc(N2CC(C=O)NS2(=O)=O)c(O)c1)c1ccccc1N. The second kappa shape index (κ2) is 6.38. The number of carbonyl (C=O) groups is 1. The van der Waals surface area contributed by atoms with Gasteiger partial charge in [0.05, 0.1) is 18.3 Å². The number of nitrogens with one attached hydrogen (secondary N) is 1.